The van der Waals surface area contributed by atoms with Crippen LogP contribution >= 0.6 is 12.4 Å². The molecule has 0 saturated heterocycles. The zero-order valence-electron chi connectivity index (χ0n) is 10.7. The Morgan fingerprint density at radius 2 is 1.65 bits per heavy atom. The highest BCUT2D eigenvalue weighted by atomic mass is 35.5. The second-order valence-electron chi connectivity index (χ2n) is 4.50. The number of aromatic amines is 1. The number of hydrogen-bond acceptors (Lipinski definition) is 2. The van der Waals surface area contributed by atoms with Crippen molar-refractivity contribution in [1.29, 1.82) is 0 Å². The Morgan fingerprint density at radius 3 is 2.40 bits per heavy atom. The Labute approximate surface area is 123 Å². The molecule has 3 aromatic rings. The van der Waals surface area contributed by atoms with Crippen LogP contribution in [0, 0.1) is 0 Å². The van der Waals surface area contributed by atoms with Gasteiger partial charge in [0.2, 0.25) is 0 Å². The molecular weight excluding hydrogens is 272 g/mol. The number of benzene rings is 2. The van der Waals surface area contributed by atoms with E-state index in [-0.39, 0.29) is 18.2 Å². The number of H-pyrrole nitrogens is 1. The average molecular weight is 287 g/mol. The van der Waals surface area contributed by atoms with Crippen LogP contribution in [0.15, 0.2) is 60.8 Å². The summed E-state index contributed by atoms with van der Waals surface area (Å²) in [4.78, 5) is 15.6. The molecule has 0 spiro atoms. The molecule has 0 aliphatic carbocycles. The van der Waals surface area contributed by atoms with E-state index in [1.165, 1.54) is 0 Å². The van der Waals surface area contributed by atoms with Crippen molar-refractivity contribution in [1.82, 2.24) is 4.98 Å². The minimum atomic E-state index is -0.625. The Bertz CT molecular complexity index is 721. The topological polar surface area (TPSA) is 58.9 Å². The summed E-state index contributed by atoms with van der Waals surface area (Å²) in [7, 11) is 0. The first-order valence-corrected chi connectivity index (χ1v) is 6.18. The third-order valence-electron chi connectivity index (χ3n) is 3.30. The van der Waals surface area contributed by atoms with E-state index >= 15 is 0 Å². The molecule has 2 aromatic carbocycles. The summed E-state index contributed by atoms with van der Waals surface area (Å²) in [5.74, 6) is -0.0661. The number of para-hydroxylation sites is 1. The van der Waals surface area contributed by atoms with Crippen LogP contribution in [0.3, 0.4) is 0 Å². The number of rotatable bonds is 3. The first-order valence-electron chi connectivity index (χ1n) is 6.18. The summed E-state index contributed by atoms with van der Waals surface area (Å²) in [6.45, 7) is 0. The van der Waals surface area contributed by atoms with Crippen LogP contribution in [0.1, 0.15) is 22.0 Å². The molecule has 1 unspecified atom stereocenters. The van der Waals surface area contributed by atoms with Crippen LogP contribution in [0.25, 0.3) is 10.9 Å². The van der Waals surface area contributed by atoms with E-state index < -0.39 is 6.04 Å². The molecule has 0 saturated carbocycles. The molecule has 1 atom stereocenters. The fourth-order valence-electron chi connectivity index (χ4n) is 2.25. The van der Waals surface area contributed by atoms with Crippen LogP contribution in [-0.2, 0) is 0 Å². The van der Waals surface area contributed by atoms with Crippen molar-refractivity contribution >= 4 is 29.1 Å². The van der Waals surface area contributed by atoms with Gasteiger partial charge in [-0.25, -0.2) is 0 Å². The fourth-order valence-corrected chi connectivity index (χ4v) is 2.25. The third kappa shape index (κ3) is 2.46. The lowest BCUT2D eigenvalue weighted by Crippen LogP contribution is -2.21. The van der Waals surface area contributed by atoms with E-state index in [4.69, 9.17) is 5.73 Å². The van der Waals surface area contributed by atoms with Gasteiger partial charge < -0.3 is 10.7 Å². The van der Waals surface area contributed by atoms with Crippen LogP contribution < -0.4 is 5.73 Å². The van der Waals surface area contributed by atoms with Crippen LogP contribution in [-0.4, -0.2) is 10.8 Å². The van der Waals surface area contributed by atoms with Gasteiger partial charge in [0.25, 0.3) is 0 Å². The molecule has 4 heteroatoms. The quantitative estimate of drug-likeness (QED) is 0.724. The normalized spacial score (nSPS) is 11.8. The maximum atomic E-state index is 12.5. The largest absolute Gasteiger partial charge is 0.360 e. The Morgan fingerprint density at radius 1 is 1.00 bits per heavy atom. The van der Waals surface area contributed by atoms with Crippen LogP contribution in [0.5, 0.6) is 0 Å². The second kappa shape index (κ2) is 5.90. The summed E-state index contributed by atoms with van der Waals surface area (Å²) < 4.78 is 0. The predicted molar refractivity (Wildman–Crippen MR) is 83.2 cm³/mol. The van der Waals surface area contributed by atoms with E-state index in [0.717, 1.165) is 16.5 Å². The fraction of sp³-hybridized carbons (Fsp3) is 0.0625. The van der Waals surface area contributed by atoms with Crippen molar-refractivity contribution in [3.05, 3.63) is 71.9 Å². The molecule has 1 heterocycles. The number of carbonyl (C=O) groups is 1. The van der Waals surface area contributed by atoms with E-state index in [2.05, 4.69) is 4.98 Å². The third-order valence-corrected chi connectivity index (χ3v) is 3.30. The number of Topliss-reactive ketones (excluding diaryl/α,β-unsaturated/α-hetero) is 1. The van der Waals surface area contributed by atoms with Gasteiger partial charge in [-0.1, -0.05) is 48.5 Å². The van der Waals surface area contributed by atoms with Crippen molar-refractivity contribution in [3.63, 3.8) is 0 Å². The molecule has 0 fully saturated rings. The van der Waals surface area contributed by atoms with Gasteiger partial charge in [-0.3, -0.25) is 4.79 Å². The van der Waals surface area contributed by atoms with Crippen LogP contribution in [0.2, 0.25) is 0 Å². The molecule has 0 radical (unpaired) electrons. The van der Waals surface area contributed by atoms with Crippen molar-refractivity contribution < 1.29 is 4.79 Å². The zero-order chi connectivity index (χ0) is 13.2. The molecule has 3 N–H and O–H groups in total. The van der Waals surface area contributed by atoms with Gasteiger partial charge in [0.1, 0.15) is 0 Å². The molecule has 0 aliphatic heterocycles. The van der Waals surface area contributed by atoms with E-state index in [9.17, 15) is 4.79 Å². The lowest BCUT2D eigenvalue weighted by Gasteiger charge is -2.10. The smallest absolute Gasteiger partial charge is 0.186 e. The molecular formula is C16H15ClN2O. The maximum Gasteiger partial charge on any atom is 0.186 e. The van der Waals surface area contributed by atoms with Crippen molar-refractivity contribution in [2.45, 2.75) is 6.04 Å². The first-order chi connectivity index (χ1) is 9.27. The van der Waals surface area contributed by atoms with Crippen molar-refractivity contribution in [3.8, 4) is 0 Å². The minimum Gasteiger partial charge on any atom is -0.360 e. The maximum absolute atomic E-state index is 12.5. The van der Waals surface area contributed by atoms with Gasteiger partial charge in [0, 0.05) is 22.7 Å². The molecule has 3 nitrogen and oxygen atoms in total. The van der Waals surface area contributed by atoms with Gasteiger partial charge in [0.05, 0.1) is 6.04 Å². The van der Waals surface area contributed by atoms with Gasteiger partial charge in [-0.05, 0) is 11.6 Å². The van der Waals surface area contributed by atoms with E-state index in [0.29, 0.717) is 5.56 Å². The van der Waals surface area contributed by atoms with E-state index in [1.54, 1.807) is 6.20 Å². The monoisotopic (exact) mass is 286 g/mol. The lowest BCUT2D eigenvalue weighted by atomic mass is 9.98. The molecule has 102 valence electrons. The van der Waals surface area contributed by atoms with Crippen LogP contribution in [0.4, 0.5) is 0 Å². The first kappa shape index (κ1) is 14.3. The van der Waals surface area contributed by atoms with Gasteiger partial charge >= 0.3 is 0 Å². The van der Waals surface area contributed by atoms with E-state index in [1.807, 2.05) is 54.6 Å². The Hall–Kier alpha value is -2.10. The highest BCUT2D eigenvalue weighted by molar-refractivity contribution is 6.10. The number of hydrogen-bond donors (Lipinski definition) is 2. The van der Waals surface area contributed by atoms with Gasteiger partial charge in [-0.2, -0.15) is 0 Å². The van der Waals surface area contributed by atoms with Gasteiger partial charge in [0.15, 0.2) is 5.78 Å². The van der Waals surface area contributed by atoms with Crippen molar-refractivity contribution in [2.75, 3.05) is 0 Å². The number of halogens is 1. The predicted octanol–water partition coefficient (Wildman–Crippen LogP) is 3.47. The number of nitrogens with one attached hydrogen (secondary N) is 1. The lowest BCUT2D eigenvalue weighted by molar-refractivity contribution is 0.0963. The van der Waals surface area contributed by atoms with Gasteiger partial charge in [-0.15, -0.1) is 12.4 Å². The Kier molecular flexibility index (Phi) is 4.23. The highest BCUT2D eigenvalue weighted by Gasteiger charge is 2.20. The number of aromatic nitrogens is 1. The number of carbonyl (C=O) groups excluding carboxylic acids is 1. The highest BCUT2D eigenvalue weighted by Crippen LogP contribution is 2.23. The molecule has 1 aromatic heterocycles. The summed E-state index contributed by atoms with van der Waals surface area (Å²) in [6.07, 6.45) is 1.73. The number of ketones is 1. The SMILES string of the molecule is Cl.NC(C(=O)c1c[nH]c2ccccc12)c1ccccc1. The number of nitrogens with two attached hydrogens (primary N) is 1. The molecule has 0 aliphatic rings. The zero-order valence-corrected chi connectivity index (χ0v) is 11.6. The summed E-state index contributed by atoms with van der Waals surface area (Å²) in [6, 6.07) is 16.5. The van der Waals surface area contributed by atoms with Crippen molar-refractivity contribution in [2.24, 2.45) is 5.73 Å². The standard InChI is InChI=1S/C16H14N2O.ClH/c17-15(11-6-2-1-3-7-11)16(19)13-10-18-14-9-5-4-8-12(13)14;/h1-10,15,18H,17H2;1H. The summed E-state index contributed by atoms with van der Waals surface area (Å²) in [5, 5.41) is 0.916. The minimum absolute atomic E-state index is 0. The second-order valence-corrected chi connectivity index (χ2v) is 4.50. The Balaban J connectivity index is 0.00000147. The number of fused-ring (bicyclic) bond motifs is 1. The molecule has 0 amide bonds. The molecule has 0 bridgehead atoms. The molecule has 3 rings (SSSR count). The summed E-state index contributed by atoms with van der Waals surface area (Å²) >= 11 is 0. The average Bonchev–Trinajstić information content (AvgIpc) is 2.90. The molecule has 20 heavy (non-hydrogen) atoms. The summed E-state index contributed by atoms with van der Waals surface area (Å²) in [5.41, 5.74) is 8.48.